The second-order valence-electron chi connectivity index (χ2n) is 6.80. The SMILES string of the molecule is COC(=O)c1ccc(C(=O)N(CCN(C)C)Cc2cccc(C(F)(F)F)c2)cc1. The van der Waals surface area contributed by atoms with Crippen LogP contribution in [0.15, 0.2) is 48.5 Å². The molecule has 156 valence electrons. The van der Waals surface area contributed by atoms with E-state index in [9.17, 15) is 22.8 Å². The Morgan fingerprint density at radius 3 is 2.14 bits per heavy atom. The van der Waals surface area contributed by atoms with E-state index in [0.717, 1.165) is 12.1 Å². The Morgan fingerprint density at radius 1 is 0.966 bits per heavy atom. The lowest BCUT2D eigenvalue weighted by molar-refractivity contribution is -0.137. The number of likely N-dealkylation sites (N-methyl/N-ethyl adjacent to an activating group) is 1. The smallest absolute Gasteiger partial charge is 0.416 e. The van der Waals surface area contributed by atoms with E-state index in [1.807, 2.05) is 19.0 Å². The summed E-state index contributed by atoms with van der Waals surface area (Å²) < 4.78 is 43.6. The Hall–Kier alpha value is -2.87. The Morgan fingerprint density at radius 2 is 1.59 bits per heavy atom. The van der Waals surface area contributed by atoms with Gasteiger partial charge in [-0.3, -0.25) is 4.79 Å². The van der Waals surface area contributed by atoms with Gasteiger partial charge in [0.05, 0.1) is 18.2 Å². The number of esters is 1. The van der Waals surface area contributed by atoms with Crippen LogP contribution in [-0.4, -0.2) is 56.0 Å². The van der Waals surface area contributed by atoms with Crippen molar-refractivity contribution >= 4 is 11.9 Å². The van der Waals surface area contributed by atoms with Gasteiger partial charge < -0.3 is 14.5 Å². The first-order chi connectivity index (χ1) is 13.6. The molecule has 8 heteroatoms. The molecule has 0 aliphatic heterocycles. The number of hydrogen-bond acceptors (Lipinski definition) is 4. The van der Waals surface area contributed by atoms with Crippen LogP contribution in [0.1, 0.15) is 31.8 Å². The quantitative estimate of drug-likeness (QED) is 0.656. The number of ether oxygens (including phenoxy) is 1. The maximum absolute atomic E-state index is 13.0. The zero-order chi connectivity index (χ0) is 21.6. The lowest BCUT2D eigenvalue weighted by Crippen LogP contribution is -2.36. The fourth-order valence-corrected chi connectivity index (χ4v) is 2.69. The minimum absolute atomic E-state index is 0.0371. The molecule has 1 amide bonds. The van der Waals surface area contributed by atoms with E-state index >= 15 is 0 Å². The standard InChI is InChI=1S/C21H23F3N2O3/c1-25(2)11-12-26(14-15-5-4-6-18(13-15)21(22,23)24)19(27)16-7-9-17(10-8-16)20(28)29-3/h4-10,13H,11-12,14H2,1-3H3. The summed E-state index contributed by atoms with van der Waals surface area (Å²) in [6.07, 6.45) is -4.45. The van der Waals surface area contributed by atoms with Gasteiger partial charge in [0, 0.05) is 25.2 Å². The van der Waals surface area contributed by atoms with E-state index in [2.05, 4.69) is 4.74 Å². The summed E-state index contributed by atoms with van der Waals surface area (Å²) in [6, 6.07) is 10.9. The highest BCUT2D eigenvalue weighted by Crippen LogP contribution is 2.29. The largest absolute Gasteiger partial charge is 0.465 e. The first-order valence-electron chi connectivity index (χ1n) is 8.90. The normalized spacial score (nSPS) is 11.4. The first kappa shape index (κ1) is 22.4. The molecule has 0 radical (unpaired) electrons. The number of rotatable bonds is 7. The minimum Gasteiger partial charge on any atom is -0.465 e. The van der Waals surface area contributed by atoms with Crippen LogP contribution in [0, 0.1) is 0 Å². The number of carbonyl (C=O) groups is 2. The number of hydrogen-bond donors (Lipinski definition) is 0. The minimum atomic E-state index is -4.45. The highest BCUT2D eigenvalue weighted by atomic mass is 19.4. The predicted molar refractivity (Wildman–Crippen MR) is 103 cm³/mol. The van der Waals surface area contributed by atoms with Crippen LogP contribution in [0.4, 0.5) is 13.2 Å². The van der Waals surface area contributed by atoms with Crippen LogP contribution >= 0.6 is 0 Å². The summed E-state index contributed by atoms with van der Waals surface area (Å²) in [6.45, 7) is 0.918. The van der Waals surface area contributed by atoms with Crippen LogP contribution in [0.5, 0.6) is 0 Å². The van der Waals surface area contributed by atoms with E-state index in [0.29, 0.717) is 29.8 Å². The molecule has 0 saturated heterocycles. The van der Waals surface area contributed by atoms with Gasteiger partial charge >= 0.3 is 12.1 Å². The number of halogens is 3. The maximum Gasteiger partial charge on any atom is 0.416 e. The van der Waals surface area contributed by atoms with Crippen LogP contribution in [-0.2, 0) is 17.5 Å². The van der Waals surface area contributed by atoms with Crippen molar-refractivity contribution in [2.45, 2.75) is 12.7 Å². The highest BCUT2D eigenvalue weighted by molar-refractivity contribution is 5.96. The topological polar surface area (TPSA) is 49.9 Å². The van der Waals surface area contributed by atoms with Gasteiger partial charge in [-0.15, -0.1) is 0 Å². The van der Waals surface area contributed by atoms with Crippen LogP contribution in [0.25, 0.3) is 0 Å². The molecule has 0 saturated carbocycles. The second kappa shape index (κ2) is 9.56. The fraction of sp³-hybridized carbons (Fsp3) is 0.333. The molecule has 5 nitrogen and oxygen atoms in total. The molecule has 0 aliphatic rings. The molecule has 0 aromatic heterocycles. The molecular weight excluding hydrogens is 385 g/mol. The van der Waals surface area contributed by atoms with Crippen molar-refractivity contribution in [1.82, 2.24) is 9.80 Å². The van der Waals surface area contributed by atoms with Crippen molar-refractivity contribution in [2.24, 2.45) is 0 Å². The summed E-state index contributed by atoms with van der Waals surface area (Å²) in [7, 11) is 4.95. The Labute approximate surface area is 167 Å². The van der Waals surface area contributed by atoms with E-state index < -0.39 is 17.7 Å². The molecule has 2 aromatic rings. The summed E-state index contributed by atoms with van der Waals surface area (Å²) in [5, 5.41) is 0. The third-order valence-electron chi connectivity index (χ3n) is 4.29. The molecule has 0 unspecified atom stereocenters. The first-order valence-corrected chi connectivity index (χ1v) is 8.90. The van der Waals surface area contributed by atoms with E-state index in [1.165, 1.54) is 42.3 Å². The number of carbonyl (C=O) groups excluding carboxylic acids is 2. The molecule has 0 fully saturated rings. The van der Waals surface area contributed by atoms with Gasteiger partial charge in [-0.25, -0.2) is 4.79 Å². The monoisotopic (exact) mass is 408 g/mol. The summed E-state index contributed by atoms with van der Waals surface area (Å²) in [4.78, 5) is 27.9. The lowest BCUT2D eigenvalue weighted by atomic mass is 10.1. The second-order valence-corrected chi connectivity index (χ2v) is 6.80. The highest BCUT2D eigenvalue weighted by Gasteiger charge is 2.30. The summed E-state index contributed by atoms with van der Waals surface area (Å²) in [5.74, 6) is -0.849. The predicted octanol–water partition coefficient (Wildman–Crippen LogP) is 3.70. The van der Waals surface area contributed by atoms with E-state index in [-0.39, 0.29) is 12.5 Å². The molecule has 0 atom stereocenters. The van der Waals surface area contributed by atoms with Gasteiger partial charge in [0.15, 0.2) is 0 Å². The van der Waals surface area contributed by atoms with Gasteiger partial charge in [-0.05, 0) is 56.1 Å². The van der Waals surface area contributed by atoms with Crippen molar-refractivity contribution in [2.75, 3.05) is 34.3 Å². The molecule has 29 heavy (non-hydrogen) atoms. The van der Waals surface area contributed by atoms with E-state index in [4.69, 9.17) is 0 Å². The number of nitrogens with zero attached hydrogens (tertiary/aromatic N) is 2. The number of amides is 1. The molecule has 0 bridgehead atoms. The van der Waals surface area contributed by atoms with Crippen molar-refractivity contribution in [3.63, 3.8) is 0 Å². The Kier molecular flexibility index (Phi) is 7.39. The van der Waals surface area contributed by atoms with Crippen LogP contribution < -0.4 is 0 Å². The van der Waals surface area contributed by atoms with Gasteiger partial charge in [0.2, 0.25) is 0 Å². The molecule has 2 aromatic carbocycles. The molecular formula is C21H23F3N2O3. The molecule has 0 N–H and O–H groups in total. The van der Waals surface area contributed by atoms with Crippen molar-refractivity contribution in [1.29, 1.82) is 0 Å². The van der Waals surface area contributed by atoms with Crippen molar-refractivity contribution < 1.29 is 27.5 Å². The zero-order valence-corrected chi connectivity index (χ0v) is 16.5. The summed E-state index contributed by atoms with van der Waals surface area (Å²) in [5.41, 5.74) is 0.278. The average Bonchev–Trinajstić information content (AvgIpc) is 2.69. The molecule has 0 heterocycles. The van der Waals surface area contributed by atoms with Crippen molar-refractivity contribution in [3.05, 3.63) is 70.8 Å². The third-order valence-corrected chi connectivity index (χ3v) is 4.29. The molecule has 0 spiro atoms. The Bertz CT molecular complexity index is 849. The Balaban J connectivity index is 2.25. The maximum atomic E-state index is 13.0. The third kappa shape index (κ3) is 6.32. The van der Waals surface area contributed by atoms with Gasteiger partial charge in [-0.1, -0.05) is 12.1 Å². The van der Waals surface area contributed by atoms with E-state index in [1.54, 1.807) is 6.07 Å². The average molecular weight is 408 g/mol. The van der Waals surface area contributed by atoms with Crippen LogP contribution in [0.3, 0.4) is 0 Å². The number of benzene rings is 2. The van der Waals surface area contributed by atoms with Gasteiger partial charge in [0.1, 0.15) is 0 Å². The van der Waals surface area contributed by atoms with Gasteiger partial charge in [0.25, 0.3) is 5.91 Å². The fourth-order valence-electron chi connectivity index (χ4n) is 2.69. The van der Waals surface area contributed by atoms with Crippen molar-refractivity contribution in [3.8, 4) is 0 Å². The summed E-state index contributed by atoms with van der Waals surface area (Å²) >= 11 is 0. The molecule has 0 aliphatic carbocycles. The zero-order valence-electron chi connectivity index (χ0n) is 16.5. The lowest BCUT2D eigenvalue weighted by Gasteiger charge is -2.25. The number of methoxy groups -OCH3 is 1. The van der Waals surface area contributed by atoms with Gasteiger partial charge in [-0.2, -0.15) is 13.2 Å². The molecule has 2 rings (SSSR count). The van der Waals surface area contributed by atoms with Crippen LogP contribution in [0.2, 0.25) is 0 Å². The number of alkyl halides is 3.